The largest absolute Gasteiger partial charge is 0.451 e. The molecule has 5 rings (SSSR count). The maximum absolute atomic E-state index is 13.5. The summed E-state index contributed by atoms with van der Waals surface area (Å²) in [6.07, 6.45) is 1.72. The summed E-state index contributed by atoms with van der Waals surface area (Å²) in [4.78, 5) is 53.0. The average molecular weight is 708 g/mol. The second kappa shape index (κ2) is 18.6. The number of nitrogens with one attached hydrogen (secondary N) is 3. The molecule has 0 aliphatic carbocycles. The third-order valence-electron chi connectivity index (χ3n) is 8.30. The highest BCUT2D eigenvalue weighted by atomic mass is 16.6. The Balaban J connectivity index is 0.000000878. The number of ether oxygens (including phenoxy) is 2. The number of hydrazine groups is 1. The number of piperidine rings is 1. The molecule has 2 fully saturated rings. The van der Waals surface area contributed by atoms with E-state index in [1.165, 1.54) is 32.4 Å². The SMILES string of the molecule is C1CCNCC1.CC(C)C[C@H](NC(=O)c1cc2ccccc2o1)C(=O)NC1CCN(C(=O)OC(C)(C)C)N(C(=O)OCc2ccccc2)CC1O. The first-order chi connectivity index (χ1) is 24.3. The molecule has 3 atom stereocenters. The zero-order chi connectivity index (χ0) is 37.0. The van der Waals surface area contributed by atoms with Gasteiger partial charge in [-0.05, 0) is 83.2 Å². The second-order valence-electron chi connectivity index (χ2n) is 14.3. The summed E-state index contributed by atoms with van der Waals surface area (Å²) in [6, 6.07) is 16.1. The molecular formula is C38H53N5O8. The van der Waals surface area contributed by atoms with Gasteiger partial charge in [0.05, 0.1) is 18.7 Å². The number of hydrogen-bond acceptors (Lipinski definition) is 9. The number of benzene rings is 2. The molecule has 0 spiro atoms. The minimum absolute atomic E-state index is 0.0452. The molecule has 278 valence electrons. The summed E-state index contributed by atoms with van der Waals surface area (Å²) < 4.78 is 16.7. The lowest BCUT2D eigenvalue weighted by atomic mass is 10.0. The predicted molar refractivity (Wildman–Crippen MR) is 192 cm³/mol. The van der Waals surface area contributed by atoms with Crippen molar-refractivity contribution in [3.05, 3.63) is 72.0 Å². The Bertz CT molecular complexity index is 1540. The van der Waals surface area contributed by atoms with E-state index >= 15 is 0 Å². The van der Waals surface area contributed by atoms with Crippen molar-refractivity contribution in [1.82, 2.24) is 26.0 Å². The van der Waals surface area contributed by atoms with E-state index in [4.69, 9.17) is 13.9 Å². The molecule has 13 heteroatoms. The molecule has 0 saturated carbocycles. The molecule has 2 aliphatic rings. The van der Waals surface area contributed by atoms with Crippen LogP contribution in [0.5, 0.6) is 0 Å². The summed E-state index contributed by atoms with van der Waals surface area (Å²) >= 11 is 0. The van der Waals surface area contributed by atoms with E-state index in [1.807, 2.05) is 44.2 Å². The number of furan rings is 1. The van der Waals surface area contributed by atoms with Crippen LogP contribution >= 0.6 is 0 Å². The molecule has 4 N–H and O–H groups in total. The van der Waals surface area contributed by atoms with Crippen molar-refractivity contribution in [1.29, 1.82) is 0 Å². The third-order valence-corrected chi connectivity index (χ3v) is 8.30. The lowest BCUT2D eigenvalue weighted by molar-refractivity contribution is -0.125. The number of carbonyl (C=O) groups excluding carboxylic acids is 4. The number of amides is 4. The Morgan fingerprint density at radius 1 is 0.961 bits per heavy atom. The second-order valence-corrected chi connectivity index (χ2v) is 14.3. The lowest BCUT2D eigenvalue weighted by Crippen LogP contribution is -2.55. The number of hydrogen-bond donors (Lipinski definition) is 4. The van der Waals surface area contributed by atoms with E-state index in [9.17, 15) is 24.3 Å². The highest BCUT2D eigenvalue weighted by Gasteiger charge is 2.39. The van der Waals surface area contributed by atoms with E-state index in [0.29, 0.717) is 12.0 Å². The first-order valence-electron chi connectivity index (χ1n) is 17.8. The van der Waals surface area contributed by atoms with Crippen molar-refractivity contribution in [2.24, 2.45) is 5.92 Å². The number of nitrogens with zero attached hydrogens (tertiary/aromatic N) is 2. The highest BCUT2D eigenvalue weighted by Crippen LogP contribution is 2.21. The highest BCUT2D eigenvalue weighted by molar-refractivity contribution is 5.98. The van der Waals surface area contributed by atoms with Crippen LogP contribution in [0, 0.1) is 5.92 Å². The number of aliphatic hydroxyl groups excluding tert-OH is 1. The molecule has 51 heavy (non-hydrogen) atoms. The fraction of sp³-hybridized carbons (Fsp3) is 0.526. The van der Waals surface area contributed by atoms with Crippen LogP contribution in [0.4, 0.5) is 9.59 Å². The van der Waals surface area contributed by atoms with Gasteiger partial charge in [-0.2, -0.15) is 0 Å². The van der Waals surface area contributed by atoms with Crippen LogP contribution < -0.4 is 16.0 Å². The molecular weight excluding hydrogens is 654 g/mol. The Labute approximate surface area is 300 Å². The maximum atomic E-state index is 13.5. The van der Waals surface area contributed by atoms with Crippen molar-refractivity contribution in [2.75, 3.05) is 26.2 Å². The molecule has 0 radical (unpaired) electrons. The van der Waals surface area contributed by atoms with Gasteiger partial charge in [-0.1, -0.05) is 68.8 Å². The van der Waals surface area contributed by atoms with Gasteiger partial charge in [-0.15, -0.1) is 0 Å². The predicted octanol–water partition coefficient (Wildman–Crippen LogP) is 5.38. The van der Waals surface area contributed by atoms with Gasteiger partial charge in [0.15, 0.2) is 5.76 Å². The summed E-state index contributed by atoms with van der Waals surface area (Å²) in [5.41, 5.74) is 0.448. The quantitative estimate of drug-likeness (QED) is 0.241. The van der Waals surface area contributed by atoms with Crippen molar-refractivity contribution in [3.8, 4) is 0 Å². The standard InChI is InChI=1S/C33H42N4O8.C5H11N/c1-21(2)17-25(35-30(40)28-18-23-13-9-10-14-27(23)44-28)29(39)34-24-15-16-36(32(42)45-33(3,4)5)37(19-26(24)38)31(41)43-20-22-11-7-6-8-12-22;1-2-4-6-5-3-1/h6-14,18,21,24-26,38H,15-17,19-20H2,1-5H3,(H,34,39)(H,35,40);6H,1-5H2/t24?,25-,26?;/m0./s1. The summed E-state index contributed by atoms with van der Waals surface area (Å²) in [6.45, 7) is 11.0. The fourth-order valence-electron chi connectivity index (χ4n) is 5.73. The van der Waals surface area contributed by atoms with E-state index in [0.717, 1.165) is 21.0 Å². The van der Waals surface area contributed by atoms with Crippen LogP contribution in [0.15, 0.2) is 65.1 Å². The van der Waals surface area contributed by atoms with Crippen molar-refractivity contribution < 1.29 is 38.2 Å². The Kier molecular flexibility index (Phi) is 14.3. The van der Waals surface area contributed by atoms with Crippen LogP contribution in [0.3, 0.4) is 0 Å². The van der Waals surface area contributed by atoms with Gasteiger partial charge >= 0.3 is 12.2 Å². The molecule has 0 bridgehead atoms. The van der Waals surface area contributed by atoms with E-state index in [2.05, 4.69) is 16.0 Å². The minimum atomic E-state index is -1.27. The van der Waals surface area contributed by atoms with Gasteiger partial charge in [-0.3, -0.25) is 9.59 Å². The molecule has 3 aromatic rings. The Hall–Kier alpha value is -4.62. The monoisotopic (exact) mass is 707 g/mol. The smallest absolute Gasteiger partial charge is 0.429 e. The molecule has 2 saturated heterocycles. The van der Waals surface area contributed by atoms with Crippen molar-refractivity contribution in [2.45, 2.75) is 97.1 Å². The third kappa shape index (κ3) is 12.3. The number of rotatable bonds is 8. The van der Waals surface area contributed by atoms with E-state index in [1.54, 1.807) is 51.1 Å². The molecule has 2 aliphatic heterocycles. The van der Waals surface area contributed by atoms with E-state index in [-0.39, 0.29) is 37.8 Å². The average Bonchev–Trinajstić information content (AvgIpc) is 3.47. The molecule has 4 amide bonds. The van der Waals surface area contributed by atoms with Crippen molar-refractivity contribution in [3.63, 3.8) is 0 Å². The van der Waals surface area contributed by atoms with Gasteiger partial charge in [-0.25, -0.2) is 19.6 Å². The van der Waals surface area contributed by atoms with Gasteiger partial charge in [0.25, 0.3) is 5.91 Å². The number of aliphatic hydroxyl groups is 1. The van der Waals surface area contributed by atoms with Gasteiger partial charge in [0, 0.05) is 11.9 Å². The lowest BCUT2D eigenvalue weighted by Gasteiger charge is -2.34. The first kappa shape index (κ1) is 39.2. The fourth-order valence-corrected chi connectivity index (χ4v) is 5.73. The van der Waals surface area contributed by atoms with Gasteiger partial charge in [0.1, 0.15) is 23.8 Å². The molecule has 3 heterocycles. The summed E-state index contributed by atoms with van der Waals surface area (Å²) in [7, 11) is 0. The van der Waals surface area contributed by atoms with Gasteiger partial charge in [0.2, 0.25) is 5.91 Å². The Morgan fingerprint density at radius 3 is 2.25 bits per heavy atom. The molecule has 2 unspecified atom stereocenters. The Morgan fingerprint density at radius 2 is 1.65 bits per heavy atom. The zero-order valence-corrected chi connectivity index (χ0v) is 30.4. The minimum Gasteiger partial charge on any atom is -0.451 e. The van der Waals surface area contributed by atoms with E-state index < -0.39 is 47.8 Å². The first-order valence-corrected chi connectivity index (χ1v) is 17.8. The maximum Gasteiger partial charge on any atom is 0.429 e. The van der Waals surface area contributed by atoms with Crippen molar-refractivity contribution >= 4 is 35.0 Å². The number of para-hydroxylation sites is 1. The van der Waals surface area contributed by atoms with Crippen LogP contribution in [-0.2, 0) is 20.9 Å². The molecule has 13 nitrogen and oxygen atoms in total. The number of carbonyl (C=O) groups is 4. The van der Waals surface area contributed by atoms with Crippen LogP contribution in [0.1, 0.15) is 82.8 Å². The van der Waals surface area contributed by atoms with Crippen LogP contribution in [-0.4, -0.2) is 89.1 Å². The number of β-amino-alcohol motifs (C(OH)–C–C–N with tert-alkyl or cyclic N) is 1. The normalized spacial score (nSPS) is 18.6. The number of fused-ring (bicyclic) bond motifs is 1. The molecule has 2 aromatic carbocycles. The summed E-state index contributed by atoms with van der Waals surface area (Å²) in [5.74, 6) is -0.934. The zero-order valence-electron chi connectivity index (χ0n) is 30.4. The van der Waals surface area contributed by atoms with Crippen LogP contribution in [0.25, 0.3) is 11.0 Å². The topological polar surface area (TPSA) is 163 Å². The van der Waals surface area contributed by atoms with Gasteiger partial charge < -0.3 is 34.9 Å². The summed E-state index contributed by atoms with van der Waals surface area (Å²) in [5, 5.41) is 22.9. The molecule has 1 aromatic heterocycles. The van der Waals surface area contributed by atoms with Crippen LogP contribution in [0.2, 0.25) is 0 Å².